The number of nitrogens with zero attached hydrogens (tertiary/aromatic N) is 4. The summed E-state index contributed by atoms with van der Waals surface area (Å²) in [6.45, 7) is 4.36. The van der Waals surface area contributed by atoms with E-state index in [2.05, 4.69) is 38.9 Å². The number of anilines is 1. The lowest BCUT2D eigenvalue weighted by molar-refractivity contribution is 0.279. The topological polar surface area (TPSA) is 75.6 Å². The van der Waals surface area contributed by atoms with Crippen molar-refractivity contribution >= 4 is 15.7 Å². The van der Waals surface area contributed by atoms with E-state index in [1.165, 1.54) is 18.0 Å². The zero-order valence-corrected chi connectivity index (χ0v) is 17.5. The van der Waals surface area contributed by atoms with Crippen LogP contribution in [-0.4, -0.2) is 63.3 Å². The number of methoxy groups -OCH3 is 1. The maximum absolute atomic E-state index is 12.2. The van der Waals surface area contributed by atoms with Gasteiger partial charge in [0.15, 0.2) is 15.7 Å². The number of ether oxygens (including phenoxy) is 1. The van der Waals surface area contributed by atoms with Gasteiger partial charge >= 0.3 is 0 Å². The van der Waals surface area contributed by atoms with E-state index in [1.807, 2.05) is 12.1 Å². The zero-order chi connectivity index (χ0) is 20.1. The second-order valence-corrected chi connectivity index (χ2v) is 9.85. The van der Waals surface area contributed by atoms with Crippen molar-refractivity contribution in [2.24, 2.45) is 11.8 Å². The van der Waals surface area contributed by atoms with E-state index in [9.17, 15) is 8.42 Å². The molecule has 3 heterocycles. The van der Waals surface area contributed by atoms with Crippen molar-refractivity contribution in [3.8, 4) is 5.75 Å². The van der Waals surface area contributed by atoms with Gasteiger partial charge in [-0.05, 0) is 37.6 Å². The Kier molecular flexibility index (Phi) is 4.79. The summed E-state index contributed by atoms with van der Waals surface area (Å²) in [7, 11) is 0.446. The van der Waals surface area contributed by atoms with Crippen molar-refractivity contribution in [3.05, 3.63) is 41.9 Å². The van der Waals surface area contributed by atoms with Gasteiger partial charge in [-0.1, -0.05) is 12.1 Å². The number of aromatic nitrogens is 2. The number of fused-ring (bicyclic) bond motifs is 1. The fraction of sp³-hybridized carbons (Fsp3) is 0.500. The van der Waals surface area contributed by atoms with Crippen molar-refractivity contribution in [3.63, 3.8) is 0 Å². The third-order valence-electron chi connectivity index (χ3n) is 5.91. The Bertz CT molecular complexity index is 977. The Morgan fingerprint density at radius 1 is 1.14 bits per heavy atom. The summed E-state index contributed by atoms with van der Waals surface area (Å²) in [6, 6.07) is 8.55. The maximum Gasteiger partial charge on any atom is 0.180 e. The maximum atomic E-state index is 12.2. The first kappa shape index (κ1) is 19.1. The van der Waals surface area contributed by atoms with Crippen LogP contribution in [0.15, 0.2) is 35.4 Å². The normalized spacial score (nSPS) is 25.1. The molecule has 2 saturated heterocycles. The van der Waals surface area contributed by atoms with Gasteiger partial charge in [0.1, 0.15) is 16.5 Å². The average Bonchev–Trinajstić information content (AvgIpc) is 3.17. The first-order valence-corrected chi connectivity index (χ1v) is 11.3. The standard InChI is InChI=1S/C20H26N4O3S/c1-13-21-9-18(28(4,25)26)20(22-13)24-11-15-10-23(2)19(17(15)12-24)14-5-7-16(27-3)8-6-14/h5-9,15,17,19H,10-12H2,1-4H3/t15-,17+,19+/m0/s1. The highest BCUT2D eigenvalue weighted by Crippen LogP contribution is 2.45. The van der Waals surface area contributed by atoms with Gasteiger partial charge in [0.2, 0.25) is 0 Å². The Balaban J connectivity index is 1.64. The molecular formula is C20H26N4O3S. The minimum atomic E-state index is -3.39. The Morgan fingerprint density at radius 3 is 2.50 bits per heavy atom. The SMILES string of the molecule is COc1ccc([C@@H]2[C@@H]3CN(c4nc(C)ncc4S(C)(=O)=O)C[C@@H]3CN2C)cc1. The molecule has 0 radical (unpaired) electrons. The minimum Gasteiger partial charge on any atom is -0.497 e. The molecule has 3 atom stereocenters. The van der Waals surface area contributed by atoms with Crippen LogP contribution in [-0.2, 0) is 9.84 Å². The number of rotatable bonds is 4. The van der Waals surface area contributed by atoms with Crippen molar-refractivity contribution < 1.29 is 13.2 Å². The van der Waals surface area contributed by atoms with Gasteiger partial charge in [0, 0.05) is 37.8 Å². The van der Waals surface area contributed by atoms with Crippen LogP contribution in [0.5, 0.6) is 5.75 Å². The molecule has 8 heteroatoms. The van der Waals surface area contributed by atoms with Crippen LogP contribution in [0.1, 0.15) is 17.4 Å². The van der Waals surface area contributed by atoms with Crippen LogP contribution in [0, 0.1) is 18.8 Å². The third-order valence-corrected chi connectivity index (χ3v) is 6.99. The first-order chi connectivity index (χ1) is 13.3. The molecule has 0 N–H and O–H groups in total. The molecule has 1 aromatic heterocycles. The van der Waals surface area contributed by atoms with Crippen LogP contribution in [0.2, 0.25) is 0 Å². The third kappa shape index (κ3) is 3.35. The molecule has 0 unspecified atom stereocenters. The predicted octanol–water partition coefficient (Wildman–Crippen LogP) is 1.94. The summed E-state index contributed by atoms with van der Waals surface area (Å²) in [5, 5.41) is 0. The van der Waals surface area contributed by atoms with Crippen LogP contribution in [0.25, 0.3) is 0 Å². The molecular weight excluding hydrogens is 376 g/mol. The van der Waals surface area contributed by atoms with Crippen molar-refractivity contribution in [1.29, 1.82) is 0 Å². The van der Waals surface area contributed by atoms with Crippen molar-refractivity contribution in [2.45, 2.75) is 17.9 Å². The largest absolute Gasteiger partial charge is 0.497 e. The zero-order valence-electron chi connectivity index (χ0n) is 16.7. The second-order valence-electron chi connectivity index (χ2n) is 7.86. The lowest BCUT2D eigenvalue weighted by atomic mass is 9.89. The second kappa shape index (κ2) is 7.00. The Morgan fingerprint density at radius 2 is 1.86 bits per heavy atom. The highest BCUT2D eigenvalue weighted by Gasteiger charge is 2.47. The van der Waals surface area contributed by atoms with Gasteiger partial charge < -0.3 is 9.64 Å². The van der Waals surface area contributed by atoms with E-state index < -0.39 is 9.84 Å². The smallest absolute Gasteiger partial charge is 0.180 e. The summed E-state index contributed by atoms with van der Waals surface area (Å²) in [5.41, 5.74) is 1.26. The lowest BCUT2D eigenvalue weighted by Gasteiger charge is -2.28. The summed E-state index contributed by atoms with van der Waals surface area (Å²) >= 11 is 0. The molecule has 0 bridgehead atoms. The van der Waals surface area contributed by atoms with E-state index in [4.69, 9.17) is 4.74 Å². The summed E-state index contributed by atoms with van der Waals surface area (Å²) in [4.78, 5) is 13.3. The van der Waals surface area contributed by atoms with Gasteiger partial charge in [-0.3, -0.25) is 4.90 Å². The molecule has 1 aromatic carbocycles. The van der Waals surface area contributed by atoms with E-state index >= 15 is 0 Å². The van der Waals surface area contributed by atoms with Crippen molar-refractivity contribution in [2.75, 3.05) is 44.9 Å². The van der Waals surface area contributed by atoms with Crippen LogP contribution in [0.3, 0.4) is 0 Å². The molecule has 0 aliphatic carbocycles. The highest BCUT2D eigenvalue weighted by atomic mass is 32.2. The van der Waals surface area contributed by atoms with Gasteiger partial charge in [-0.25, -0.2) is 18.4 Å². The van der Waals surface area contributed by atoms with Crippen LogP contribution in [0.4, 0.5) is 5.82 Å². The molecule has 2 fully saturated rings. The molecule has 2 aliphatic rings. The van der Waals surface area contributed by atoms with Crippen LogP contribution >= 0.6 is 0 Å². The molecule has 4 rings (SSSR count). The minimum absolute atomic E-state index is 0.215. The summed E-state index contributed by atoms with van der Waals surface area (Å²) in [6.07, 6.45) is 2.66. The fourth-order valence-corrected chi connectivity index (χ4v) is 5.42. The summed E-state index contributed by atoms with van der Waals surface area (Å²) in [5.74, 6) is 2.87. The molecule has 150 valence electrons. The predicted molar refractivity (Wildman–Crippen MR) is 107 cm³/mol. The van der Waals surface area contributed by atoms with Gasteiger partial charge in [-0.2, -0.15) is 0 Å². The molecule has 7 nitrogen and oxygen atoms in total. The monoisotopic (exact) mass is 402 g/mol. The van der Waals surface area contributed by atoms with Gasteiger partial charge in [0.05, 0.1) is 13.3 Å². The Labute approximate surface area is 166 Å². The number of hydrogen-bond acceptors (Lipinski definition) is 7. The molecule has 0 saturated carbocycles. The average molecular weight is 403 g/mol. The number of hydrogen-bond donors (Lipinski definition) is 0. The van der Waals surface area contributed by atoms with Gasteiger partial charge in [-0.15, -0.1) is 0 Å². The fourth-order valence-electron chi connectivity index (χ4n) is 4.67. The van der Waals surface area contributed by atoms with E-state index in [-0.39, 0.29) is 4.90 Å². The highest BCUT2D eigenvalue weighted by molar-refractivity contribution is 7.90. The van der Waals surface area contributed by atoms with E-state index in [0.717, 1.165) is 25.4 Å². The number of benzene rings is 1. The first-order valence-electron chi connectivity index (χ1n) is 9.40. The molecule has 2 aromatic rings. The molecule has 2 aliphatic heterocycles. The van der Waals surface area contributed by atoms with E-state index in [1.54, 1.807) is 14.0 Å². The number of aryl methyl sites for hydroxylation is 1. The number of sulfone groups is 1. The van der Waals surface area contributed by atoms with E-state index in [0.29, 0.717) is 29.5 Å². The molecule has 0 amide bonds. The Hall–Kier alpha value is -2.19. The molecule has 0 spiro atoms. The lowest BCUT2D eigenvalue weighted by Crippen LogP contribution is -2.30. The van der Waals surface area contributed by atoms with Gasteiger partial charge in [0.25, 0.3) is 0 Å². The molecule has 28 heavy (non-hydrogen) atoms. The van der Waals surface area contributed by atoms with Crippen molar-refractivity contribution in [1.82, 2.24) is 14.9 Å². The number of likely N-dealkylation sites (tertiary alicyclic amines) is 1. The van der Waals surface area contributed by atoms with Crippen LogP contribution < -0.4 is 9.64 Å². The summed E-state index contributed by atoms with van der Waals surface area (Å²) < 4.78 is 29.8. The quantitative estimate of drug-likeness (QED) is 0.773.